The molecule has 15 heavy (non-hydrogen) atoms. The number of rotatable bonds is 5. The van der Waals surface area contributed by atoms with E-state index in [0.29, 0.717) is 13.1 Å². The fourth-order valence-electron chi connectivity index (χ4n) is 1.24. The molecule has 1 rings (SSSR count). The highest BCUT2D eigenvalue weighted by molar-refractivity contribution is 5.21. The molecule has 0 radical (unpaired) electrons. The maximum absolute atomic E-state index is 9.53. The lowest BCUT2D eigenvalue weighted by Crippen LogP contribution is -2.40. The van der Waals surface area contributed by atoms with Gasteiger partial charge >= 0.3 is 0 Å². The van der Waals surface area contributed by atoms with Crippen LogP contribution in [0, 0.1) is 6.92 Å². The second kappa shape index (κ2) is 5.26. The van der Waals surface area contributed by atoms with Crippen molar-refractivity contribution in [3.8, 4) is 0 Å². The molecule has 3 heteroatoms. The van der Waals surface area contributed by atoms with Crippen molar-refractivity contribution in [3.63, 3.8) is 0 Å². The molecule has 0 spiro atoms. The Balaban J connectivity index is 2.35. The topological polar surface area (TPSA) is 52.5 Å². The normalized spacial score (nSPS) is 14.9. The number of aliphatic hydroxyl groups excluding tert-OH is 1. The van der Waals surface area contributed by atoms with Crippen molar-refractivity contribution in [3.05, 3.63) is 35.4 Å². The van der Waals surface area contributed by atoms with Crippen LogP contribution in [0.4, 0.5) is 0 Å². The van der Waals surface area contributed by atoms with Crippen molar-refractivity contribution < 1.29 is 10.2 Å². The Morgan fingerprint density at radius 2 is 1.87 bits per heavy atom. The van der Waals surface area contributed by atoms with Crippen LogP contribution in [0.15, 0.2) is 24.3 Å². The molecule has 1 aromatic rings. The molecule has 0 aliphatic heterocycles. The molecular formula is C12H19NO2. The minimum Gasteiger partial charge on any atom is -0.393 e. The highest BCUT2D eigenvalue weighted by Gasteiger charge is 2.17. The van der Waals surface area contributed by atoms with E-state index in [0.717, 1.165) is 0 Å². The molecule has 84 valence electrons. The van der Waals surface area contributed by atoms with Crippen LogP contribution in [0.1, 0.15) is 18.1 Å². The van der Waals surface area contributed by atoms with Crippen molar-refractivity contribution in [2.45, 2.75) is 26.0 Å². The average Bonchev–Trinajstić information content (AvgIpc) is 2.21. The van der Waals surface area contributed by atoms with Gasteiger partial charge in [0.2, 0.25) is 0 Å². The number of benzene rings is 1. The SMILES string of the molecule is Cc1ccc(CNCC(C)(O)CO)cc1. The van der Waals surface area contributed by atoms with Gasteiger partial charge in [-0.2, -0.15) is 0 Å². The van der Waals surface area contributed by atoms with Crippen LogP contribution in [0.2, 0.25) is 0 Å². The lowest BCUT2D eigenvalue weighted by atomic mass is 10.1. The molecule has 0 bridgehead atoms. The number of hydrogen-bond donors (Lipinski definition) is 3. The van der Waals surface area contributed by atoms with Crippen molar-refractivity contribution in [1.82, 2.24) is 5.32 Å². The maximum Gasteiger partial charge on any atom is 0.0972 e. The van der Waals surface area contributed by atoms with Crippen LogP contribution in [0.5, 0.6) is 0 Å². The quantitative estimate of drug-likeness (QED) is 0.673. The van der Waals surface area contributed by atoms with Gasteiger partial charge in [-0.25, -0.2) is 0 Å². The molecule has 0 fully saturated rings. The van der Waals surface area contributed by atoms with E-state index in [1.54, 1.807) is 6.92 Å². The summed E-state index contributed by atoms with van der Waals surface area (Å²) in [6.07, 6.45) is 0. The Hall–Kier alpha value is -0.900. The Bertz CT molecular complexity index is 293. The Kier molecular flexibility index (Phi) is 4.27. The summed E-state index contributed by atoms with van der Waals surface area (Å²) in [5.74, 6) is 0. The smallest absolute Gasteiger partial charge is 0.0972 e. The lowest BCUT2D eigenvalue weighted by Gasteiger charge is -2.20. The van der Waals surface area contributed by atoms with E-state index in [4.69, 9.17) is 5.11 Å². The van der Waals surface area contributed by atoms with Crippen LogP contribution in [-0.4, -0.2) is 29.0 Å². The first-order valence-electron chi connectivity index (χ1n) is 5.13. The molecule has 0 amide bonds. The predicted octanol–water partition coefficient (Wildman–Crippen LogP) is 0.828. The minimum absolute atomic E-state index is 0.228. The zero-order valence-corrected chi connectivity index (χ0v) is 9.33. The van der Waals surface area contributed by atoms with E-state index in [9.17, 15) is 5.11 Å². The van der Waals surface area contributed by atoms with Crippen LogP contribution >= 0.6 is 0 Å². The molecule has 3 N–H and O–H groups in total. The Labute approximate surface area is 90.8 Å². The lowest BCUT2D eigenvalue weighted by molar-refractivity contribution is 0.00254. The fourth-order valence-corrected chi connectivity index (χ4v) is 1.24. The highest BCUT2D eigenvalue weighted by atomic mass is 16.3. The summed E-state index contributed by atoms with van der Waals surface area (Å²) in [6, 6.07) is 8.22. The van der Waals surface area contributed by atoms with Gasteiger partial charge in [-0.15, -0.1) is 0 Å². The molecule has 3 nitrogen and oxygen atoms in total. The number of nitrogens with one attached hydrogen (secondary N) is 1. The third-order valence-corrected chi connectivity index (χ3v) is 2.30. The molecular weight excluding hydrogens is 190 g/mol. The van der Waals surface area contributed by atoms with Gasteiger partial charge in [0.25, 0.3) is 0 Å². The third kappa shape index (κ3) is 4.42. The summed E-state index contributed by atoms with van der Waals surface area (Å²) < 4.78 is 0. The van der Waals surface area contributed by atoms with Gasteiger partial charge in [-0.05, 0) is 19.4 Å². The number of aryl methyl sites for hydroxylation is 1. The van der Waals surface area contributed by atoms with Crippen LogP contribution in [0.25, 0.3) is 0 Å². The van der Waals surface area contributed by atoms with Crippen LogP contribution < -0.4 is 5.32 Å². The second-order valence-electron chi connectivity index (χ2n) is 4.24. The zero-order chi connectivity index (χ0) is 11.3. The summed E-state index contributed by atoms with van der Waals surface area (Å²) in [5, 5.41) is 21.5. The van der Waals surface area contributed by atoms with Gasteiger partial charge in [0.05, 0.1) is 12.2 Å². The van der Waals surface area contributed by atoms with Crippen LogP contribution in [0.3, 0.4) is 0 Å². The minimum atomic E-state index is -1.04. The number of aliphatic hydroxyl groups is 2. The predicted molar refractivity (Wildman–Crippen MR) is 60.6 cm³/mol. The maximum atomic E-state index is 9.53. The molecule has 1 aromatic carbocycles. The molecule has 1 unspecified atom stereocenters. The van der Waals surface area contributed by atoms with E-state index in [1.165, 1.54) is 11.1 Å². The van der Waals surface area contributed by atoms with Gasteiger partial charge < -0.3 is 15.5 Å². The van der Waals surface area contributed by atoms with Crippen molar-refractivity contribution in [2.24, 2.45) is 0 Å². The molecule has 0 saturated carbocycles. The van der Waals surface area contributed by atoms with Gasteiger partial charge in [0, 0.05) is 13.1 Å². The van der Waals surface area contributed by atoms with Crippen molar-refractivity contribution >= 4 is 0 Å². The molecule has 0 aromatic heterocycles. The second-order valence-corrected chi connectivity index (χ2v) is 4.24. The third-order valence-electron chi connectivity index (χ3n) is 2.30. The van der Waals surface area contributed by atoms with Gasteiger partial charge in [-0.3, -0.25) is 0 Å². The molecule has 0 aliphatic rings. The monoisotopic (exact) mass is 209 g/mol. The molecule has 0 saturated heterocycles. The first kappa shape index (κ1) is 12.2. The zero-order valence-electron chi connectivity index (χ0n) is 9.33. The van der Waals surface area contributed by atoms with Crippen molar-refractivity contribution in [2.75, 3.05) is 13.2 Å². The molecule has 1 atom stereocenters. The van der Waals surface area contributed by atoms with Crippen molar-refractivity contribution in [1.29, 1.82) is 0 Å². The Morgan fingerprint density at radius 3 is 2.40 bits per heavy atom. The summed E-state index contributed by atoms with van der Waals surface area (Å²) in [7, 11) is 0. The van der Waals surface area contributed by atoms with Crippen LogP contribution in [-0.2, 0) is 6.54 Å². The summed E-state index contributed by atoms with van der Waals surface area (Å²) in [4.78, 5) is 0. The van der Waals surface area contributed by atoms with Gasteiger partial charge in [0.1, 0.15) is 0 Å². The van der Waals surface area contributed by atoms with E-state index < -0.39 is 5.60 Å². The van der Waals surface area contributed by atoms with E-state index >= 15 is 0 Å². The highest BCUT2D eigenvalue weighted by Crippen LogP contribution is 2.04. The summed E-state index contributed by atoms with van der Waals surface area (Å²) >= 11 is 0. The average molecular weight is 209 g/mol. The standard InChI is InChI=1S/C12H19NO2/c1-10-3-5-11(6-4-10)7-13-8-12(2,15)9-14/h3-6,13-15H,7-9H2,1-2H3. The van der Waals surface area contributed by atoms with E-state index in [-0.39, 0.29) is 6.61 Å². The Morgan fingerprint density at radius 1 is 1.27 bits per heavy atom. The summed E-state index contributed by atoms with van der Waals surface area (Å²) in [5.41, 5.74) is 1.38. The van der Waals surface area contributed by atoms with Gasteiger partial charge in [-0.1, -0.05) is 29.8 Å². The van der Waals surface area contributed by atoms with E-state index in [2.05, 4.69) is 29.6 Å². The summed E-state index contributed by atoms with van der Waals surface area (Å²) in [6.45, 7) is 4.52. The first-order chi connectivity index (χ1) is 7.03. The fraction of sp³-hybridized carbons (Fsp3) is 0.500. The van der Waals surface area contributed by atoms with E-state index in [1.807, 2.05) is 6.92 Å². The first-order valence-corrected chi connectivity index (χ1v) is 5.13. The molecule has 0 aliphatic carbocycles. The largest absolute Gasteiger partial charge is 0.393 e. The molecule has 0 heterocycles. The number of hydrogen-bond acceptors (Lipinski definition) is 3. The van der Waals surface area contributed by atoms with Gasteiger partial charge in [0.15, 0.2) is 0 Å².